The lowest BCUT2D eigenvalue weighted by atomic mass is 9.99. The molecule has 0 spiro atoms. The molecule has 1 aromatic carbocycles. The second kappa shape index (κ2) is 4.01. The summed E-state index contributed by atoms with van der Waals surface area (Å²) in [6.07, 6.45) is 1.00. The van der Waals surface area contributed by atoms with E-state index >= 15 is 0 Å². The molecule has 0 atom stereocenters. The fraction of sp³-hybridized carbons (Fsp3) is 0.357. The van der Waals surface area contributed by atoms with Gasteiger partial charge in [-0.25, -0.2) is 0 Å². The molecule has 0 fully saturated rings. The van der Waals surface area contributed by atoms with E-state index in [2.05, 4.69) is 51.1 Å². The third-order valence-corrected chi connectivity index (χ3v) is 2.79. The molecule has 78 valence electrons. The highest BCUT2D eigenvalue weighted by atomic mass is 14.7. The van der Waals surface area contributed by atoms with Crippen molar-refractivity contribution in [2.45, 2.75) is 33.1 Å². The van der Waals surface area contributed by atoms with E-state index in [1.807, 2.05) is 0 Å². The van der Waals surface area contributed by atoms with Crippen LogP contribution in [0.5, 0.6) is 0 Å². The van der Waals surface area contributed by atoms with E-state index in [0.29, 0.717) is 5.92 Å². The number of hydrogen-bond donors (Lipinski definition) is 0. The van der Waals surface area contributed by atoms with E-state index in [1.165, 1.54) is 22.2 Å². The maximum atomic E-state index is 4.71. The summed E-state index contributed by atoms with van der Waals surface area (Å²) in [5.41, 5.74) is 3.70. The summed E-state index contributed by atoms with van der Waals surface area (Å²) >= 11 is 0. The maximum Gasteiger partial charge on any atom is 0.0739 e. The smallest absolute Gasteiger partial charge is 0.0739 e. The monoisotopic (exact) mass is 199 g/mol. The van der Waals surface area contributed by atoms with E-state index < -0.39 is 0 Å². The highest BCUT2D eigenvalue weighted by Crippen LogP contribution is 2.23. The Morgan fingerprint density at radius 2 is 1.93 bits per heavy atom. The Morgan fingerprint density at radius 3 is 2.60 bits per heavy atom. The van der Waals surface area contributed by atoms with Crippen LogP contribution in [0.1, 0.15) is 37.9 Å². The van der Waals surface area contributed by atoms with Crippen LogP contribution in [0.25, 0.3) is 10.9 Å². The first-order chi connectivity index (χ1) is 7.22. The van der Waals surface area contributed by atoms with Crippen LogP contribution in [0.3, 0.4) is 0 Å². The Kier molecular flexibility index (Phi) is 2.72. The molecule has 0 saturated carbocycles. The standard InChI is InChI=1S/C14H17N/c1-4-12-9-8-11-6-5-7-13(10(2)3)14(11)15-12/h5-10H,4H2,1-3H3. The average molecular weight is 199 g/mol. The van der Waals surface area contributed by atoms with Gasteiger partial charge >= 0.3 is 0 Å². The lowest BCUT2D eigenvalue weighted by molar-refractivity contribution is 0.871. The van der Waals surface area contributed by atoms with Crippen LogP contribution in [0.15, 0.2) is 30.3 Å². The minimum atomic E-state index is 0.535. The van der Waals surface area contributed by atoms with Gasteiger partial charge in [-0.3, -0.25) is 4.98 Å². The molecule has 1 heterocycles. The van der Waals surface area contributed by atoms with Crippen molar-refractivity contribution in [3.63, 3.8) is 0 Å². The molecule has 2 rings (SSSR count). The van der Waals surface area contributed by atoms with Gasteiger partial charge in [0.1, 0.15) is 0 Å². The van der Waals surface area contributed by atoms with Gasteiger partial charge in [-0.2, -0.15) is 0 Å². The number of aromatic nitrogens is 1. The molecule has 0 radical (unpaired) electrons. The average Bonchev–Trinajstić information content (AvgIpc) is 2.27. The van der Waals surface area contributed by atoms with Gasteiger partial charge in [-0.1, -0.05) is 45.0 Å². The van der Waals surface area contributed by atoms with Crippen LogP contribution >= 0.6 is 0 Å². The van der Waals surface area contributed by atoms with Crippen molar-refractivity contribution in [2.75, 3.05) is 0 Å². The molecule has 1 nitrogen and oxygen atoms in total. The number of benzene rings is 1. The summed E-state index contributed by atoms with van der Waals surface area (Å²) in [6, 6.07) is 10.7. The molecule has 1 aromatic heterocycles. The number of hydrogen-bond acceptors (Lipinski definition) is 1. The highest BCUT2D eigenvalue weighted by Gasteiger charge is 2.06. The summed E-state index contributed by atoms with van der Waals surface area (Å²) in [5, 5.41) is 1.25. The van der Waals surface area contributed by atoms with Crippen molar-refractivity contribution in [1.82, 2.24) is 4.98 Å². The van der Waals surface area contributed by atoms with Crippen LogP contribution in [-0.4, -0.2) is 4.98 Å². The van der Waals surface area contributed by atoms with Gasteiger partial charge in [0.05, 0.1) is 5.52 Å². The van der Waals surface area contributed by atoms with Gasteiger partial charge in [-0.05, 0) is 24.0 Å². The Labute approximate surface area is 91.2 Å². The minimum absolute atomic E-state index is 0.535. The first kappa shape index (κ1) is 10.2. The van der Waals surface area contributed by atoms with Gasteiger partial charge in [0.2, 0.25) is 0 Å². The molecule has 0 aliphatic heterocycles. The third-order valence-electron chi connectivity index (χ3n) is 2.79. The van der Waals surface area contributed by atoms with Crippen molar-refractivity contribution < 1.29 is 0 Å². The third kappa shape index (κ3) is 1.87. The zero-order valence-electron chi connectivity index (χ0n) is 9.62. The van der Waals surface area contributed by atoms with Crippen LogP contribution in [-0.2, 0) is 6.42 Å². The lowest BCUT2D eigenvalue weighted by Crippen LogP contribution is -1.94. The number of nitrogens with zero attached hydrogens (tertiary/aromatic N) is 1. The Balaban J connectivity index is 2.70. The first-order valence-corrected chi connectivity index (χ1v) is 5.61. The van der Waals surface area contributed by atoms with E-state index in [-0.39, 0.29) is 0 Å². The normalized spacial score (nSPS) is 11.2. The van der Waals surface area contributed by atoms with Crippen molar-refractivity contribution in [3.05, 3.63) is 41.6 Å². The van der Waals surface area contributed by atoms with E-state index in [0.717, 1.165) is 6.42 Å². The fourth-order valence-corrected chi connectivity index (χ4v) is 1.87. The molecular weight excluding hydrogens is 182 g/mol. The summed E-state index contributed by atoms with van der Waals surface area (Å²) in [6.45, 7) is 6.58. The van der Waals surface area contributed by atoms with Crippen molar-refractivity contribution >= 4 is 10.9 Å². The first-order valence-electron chi connectivity index (χ1n) is 5.61. The molecule has 0 N–H and O–H groups in total. The summed E-state index contributed by atoms with van der Waals surface area (Å²) in [4.78, 5) is 4.71. The van der Waals surface area contributed by atoms with Crippen molar-refractivity contribution in [3.8, 4) is 0 Å². The molecule has 2 aromatic rings. The molecule has 0 saturated heterocycles. The summed E-state index contributed by atoms with van der Waals surface area (Å²) < 4.78 is 0. The quantitative estimate of drug-likeness (QED) is 0.714. The molecule has 0 aliphatic rings. The summed E-state index contributed by atoms with van der Waals surface area (Å²) in [5.74, 6) is 0.535. The number of aryl methyl sites for hydroxylation is 1. The predicted molar refractivity (Wildman–Crippen MR) is 65.2 cm³/mol. The topological polar surface area (TPSA) is 12.9 Å². The van der Waals surface area contributed by atoms with Crippen LogP contribution in [0.2, 0.25) is 0 Å². The minimum Gasteiger partial charge on any atom is -0.253 e. The second-order valence-electron chi connectivity index (χ2n) is 4.23. The molecule has 0 aliphatic carbocycles. The van der Waals surface area contributed by atoms with Crippen LogP contribution < -0.4 is 0 Å². The highest BCUT2D eigenvalue weighted by molar-refractivity contribution is 5.82. The zero-order valence-corrected chi connectivity index (χ0v) is 9.62. The van der Waals surface area contributed by atoms with Gasteiger partial charge < -0.3 is 0 Å². The number of fused-ring (bicyclic) bond motifs is 1. The number of para-hydroxylation sites is 1. The fourth-order valence-electron chi connectivity index (χ4n) is 1.87. The molecule has 0 bridgehead atoms. The van der Waals surface area contributed by atoms with Gasteiger partial charge in [-0.15, -0.1) is 0 Å². The molecule has 0 amide bonds. The van der Waals surface area contributed by atoms with Gasteiger partial charge in [0, 0.05) is 11.1 Å². The van der Waals surface area contributed by atoms with E-state index in [9.17, 15) is 0 Å². The maximum absolute atomic E-state index is 4.71. The van der Waals surface area contributed by atoms with E-state index in [4.69, 9.17) is 4.98 Å². The van der Waals surface area contributed by atoms with Crippen molar-refractivity contribution in [1.29, 1.82) is 0 Å². The van der Waals surface area contributed by atoms with E-state index in [1.54, 1.807) is 0 Å². The molecule has 15 heavy (non-hydrogen) atoms. The van der Waals surface area contributed by atoms with Crippen molar-refractivity contribution in [2.24, 2.45) is 0 Å². The largest absolute Gasteiger partial charge is 0.253 e. The molecule has 1 heteroatoms. The molecular formula is C14H17N. The van der Waals surface area contributed by atoms with Gasteiger partial charge in [0.15, 0.2) is 0 Å². The number of rotatable bonds is 2. The Morgan fingerprint density at radius 1 is 1.13 bits per heavy atom. The Bertz CT molecular complexity index is 472. The summed E-state index contributed by atoms with van der Waals surface area (Å²) in [7, 11) is 0. The second-order valence-corrected chi connectivity index (χ2v) is 4.23. The van der Waals surface area contributed by atoms with Crippen LogP contribution in [0.4, 0.5) is 0 Å². The number of pyridine rings is 1. The Hall–Kier alpha value is -1.37. The zero-order chi connectivity index (χ0) is 10.8. The van der Waals surface area contributed by atoms with Gasteiger partial charge in [0.25, 0.3) is 0 Å². The molecule has 0 unspecified atom stereocenters. The lowest BCUT2D eigenvalue weighted by Gasteiger charge is -2.09. The van der Waals surface area contributed by atoms with Crippen LogP contribution in [0, 0.1) is 0 Å². The SMILES string of the molecule is CCc1ccc2cccc(C(C)C)c2n1. The predicted octanol–water partition coefficient (Wildman–Crippen LogP) is 3.92.